The Kier molecular flexibility index (Phi) is 9.49. The second-order valence-corrected chi connectivity index (χ2v) is 4.85. The molecule has 0 saturated carbocycles. The number of allylic oxidation sites excluding steroid dienone is 1. The Bertz CT molecular complexity index is 403. The molecule has 1 amide bonds. The fourth-order valence-corrected chi connectivity index (χ4v) is 1.87. The van der Waals surface area contributed by atoms with Gasteiger partial charge in [-0.25, -0.2) is 4.79 Å². The van der Waals surface area contributed by atoms with Crippen LogP contribution < -0.4 is 5.32 Å². The topological polar surface area (TPSA) is 98.8 Å². The van der Waals surface area contributed by atoms with Crippen LogP contribution in [0.15, 0.2) is 12.2 Å². The summed E-state index contributed by atoms with van der Waals surface area (Å²) >= 11 is 0. The highest BCUT2D eigenvalue weighted by molar-refractivity contribution is 5.83. The molecule has 22 heavy (non-hydrogen) atoms. The molecule has 2 atom stereocenters. The van der Waals surface area contributed by atoms with Gasteiger partial charge >= 0.3 is 11.9 Å². The van der Waals surface area contributed by atoms with Crippen molar-refractivity contribution in [3.05, 3.63) is 12.2 Å². The number of Topliss-reactive ketones (excluding diaryl/α,β-unsaturated/α-hetero) is 1. The van der Waals surface area contributed by atoms with Crippen molar-refractivity contribution in [2.75, 3.05) is 14.2 Å². The average molecular weight is 313 g/mol. The zero-order valence-electron chi connectivity index (χ0n) is 13.4. The molecule has 0 heterocycles. The van der Waals surface area contributed by atoms with Crippen LogP contribution >= 0.6 is 0 Å². The molecule has 0 fully saturated rings. The maximum Gasteiger partial charge on any atom is 0.328 e. The Morgan fingerprint density at radius 1 is 0.955 bits per heavy atom. The van der Waals surface area contributed by atoms with Crippen molar-refractivity contribution < 1.29 is 28.7 Å². The van der Waals surface area contributed by atoms with E-state index in [-0.39, 0.29) is 24.5 Å². The van der Waals surface area contributed by atoms with Gasteiger partial charge in [0.1, 0.15) is 11.8 Å². The molecule has 0 aliphatic rings. The number of ketones is 1. The number of hydrogen-bond acceptors (Lipinski definition) is 6. The molecular weight excluding hydrogens is 290 g/mol. The predicted octanol–water partition coefficient (Wildman–Crippen LogP) is 0.769. The molecule has 124 valence electrons. The third kappa shape index (κ3) is 8.18. The van der Waals surface area contributed by atoms with Gasteiger partial charge in [-0.1, -0.05) is 12.2 Å². The molecule has 0 aromatic rings. The van der Waals surface area contributed by atoms with E-state index in [1.807, 2.05) is 0 Å². The number of carbonyl (C=O) groups is 4. The van der Waals surface area contributed by atoms with Crippen molar-refractivity contribution in [1.82, 2.24) is 5.32 Å². The van der Waals surface area contributed by atoms with Gasteiger partial charge in [0, 0.05) is 13.3 Å². The summed E-state index contributed by atoms with van der Waals surface area (Å²) < 4.78 is 9.24. The SMILES string of the molecule is COC(=O)[C@H](CC=CC[C@H](NC(C)=O)C(=O)OC)CC(C)=O. The van der Waals surface area contributed by atoms with Crippen LogP contribution in [0.1, 0.15) is 33.1 Å². The Labute approximate surface area is 130 Å². The largest absolute Gasteiger partial charge is 0.469 e. The van der Waals surface area contributed by atoms with Gasteiger partial charge in [0.2, 0.25) is 5.91 Å². The first-order chi connectivity index (χ1) is 10.3. The maximum atomic E-state index is 11.5. The van der Waals surface area contributed by atoms with Gasteiger partial charge in [-0.05, 0) is 19.8 Å². The highest BCUT2D eigenvalue weighted by Gasteiger charge is 2.20. The Hall–Kier alpha value is -2.18. The number of methoxy groups -OCH3 is 2. The summed E-state index contributed by atoms with van der Waals surface area (Å²) in [6.45, 7) is 2.71. The third-order valence-corrected chi connectivity index (χ3v) is 2.89. The number of hydrogen-bond donors (Lipinski definition) is 1. The minimum Gasteiger partial charge on any atom is -0.469 e. The van der Waals surface area contributed by atoms with Crippen LogP contribution in [0.4, 0.5) is 0 Å². The molecule has 0 spiro atoms. The second-order valence-electron chi connectivity index (χ2n) is 4.85. The van der Waals surface area contributed by atoms with Crippen LogP contribution in [0.3, 0.4) is 0 Å². The average Bonchev–Trinajstić information content (AvgIpc) is 2.46. The molecule has 0 unspecified atom stereocenters. The number of rotatable bonds is 9. The fraction of sp³-hybridized carbons (Fsp3) is 0.600. The molecule has 0 aromatic carbocycles. The Morgan fingerprint density at radius 3 is 1.95 bits per heavy atom. The van der Waals surface area contributed by atoms with Crippen LogP contribution in [0, 0.1) is 5.92 Å². The van der Waals surface area contributed by atoms with Crippen molar-refractivity contribution in [3.8, 4) is 0 Å². The first kappa shape index (κ1) is 19.8. The summed E-state index contributed by atoms with van der Waals surface area (Å²) in [4.78, 5) is 45.2. The molecule has 0 aliphatic heterocycles. The molecule has 0 aromatic heterocycles. The van der Waals surface area contributed by atoms with Crippen LogP contribution in [-0.4, -0.2) is 43.9 Å². The monoisotopic (exact) mass is 313 g/mol. The first-order valence-electron chi connectivity index (χ1n) is 6.89. The van der Waals surface area contributed by atoms with Crippen molar-refractivity contribution in [3.63, 3.8) is 0 Å². The van der Waals surface area contributed by atoms with Crippen LogP contribution in [0.25, 0.3) is 0 Å². The zero-order valence-corrected chi connectivity index (χ0v) is 13.4. The number of ether oxygens (including phenoxy) is 2. The standard InChI is InChI=1S/C15H23NO6/c1-10(17)9-12(14(19)21-3)7-5-6-8-13(15(20)22-4)16-11(2)18/h5-6,12-13H,7-9H2,1-4H3,(H,16,18)/t12-,13+/m1/s1. The molecule has 0 bridgehead atoms. The van der Waals surface area contributed by atoms with Gasteiger partial charge in [-0.3, -0.25) is 9.59 Å². The first-order valence-corrected chi connectivity index (χ1v) is 6.89. The highest BCUT2D eigenvalue weighted by atomic mass is 16.5. The van der Waals surface area contributed by atoms with Crippen LogP contribution in [-0.2, 0) is 28.7 Å². The van der Waals surface area contributed by atoms with Gasteiger partial charge in [0.05, 0.1) is 20.1 Å². The van der Waals surface area contributed by atoms with Crippen LogP contribution in [0.2, 0.25) is 0 Å². The summed E-state index contributed by atoms with van der Waals surface area (Å²) in [5.74, 6) is -1.99. The summed E-state index contributed by atoms with van der Waals surface area (Å²) in [5.41, 5.74) is 0. The predicted molar refractivity (Wildman–Crippen MR) is 78.8 cm³/mol. The molecule has 0 saturated heterocycles. The number of esters is 2. The van der Waals surface area contributed by atoms with Gasteiger partial charge in [-0.2, -0.15) is 0 Å². The number of nitrogens with one attached hydrogen (secondary N) is 1. The molecule has 7 heteroatoms. The zero-order chi connectivity index (χ0) is 17.1. The third-order valence-electron chi connectivity index (χ3n) is 2.89. The van der Waals surface area contributed by atoms with E-state index in [2.05, 4.69) is 14.8 Å². The van der Waals surface area contributed by atoms with Crippen molar-refractivity contribution in [2.45, 2.75) is 39.2 Å². The number of amides is 1. The second kappa shape index (κ2) is 10.5. The van der Waals surface area contributed by atoms with E-state index in [9.17, 15) is 19.2 Å². The lowest BCUT2D eigenvalue weighted by molar-refractivity contribution is -0.147. The highest BCUT2D eigenvalue weighted by Crippen LogP contribution is 2.13. The van der Waals surface area contributed by atoms with E-state index >= 15 is 0 Å². The molecule has 7 nitrogen and oxygen atoms in total. The van der Waals surface area contributed by atoms with Gasteiger partial charge < -0.3 is 19.6 Å². The van der Waals surface area contributed by atoms with Gasteiger partial charge in [-0.15, -0.1) is 0 Å². The lowest BCUT2D eigenvalue weighted by Crippen LogP contribution is -2.39. The molecule has 0 aliphatic carbocycles. The quantitative estimate of drug-likeness (QED) is 0.498. The summed E-state index contributed by atoms with van der Waals surface area (Å²) in [5, 5.41) is 2.47. The van der Waals surface area contributed by atoms with E-state index in [4.69, 9.17) is 0 Å². The Morgan fingerprint density at radius 2 is 1.50 bits per heavy atom. The summed E-state index contributed by atoms with van der Waals surface area (Å²) in [7, 11) is 2.50. The van der Waals surface area contributed by atoms with Gasteiger partial charge in [0.15, 0.2) is 0 Å². The Balaban J connectivity index is 4.59. The van der Waals surface area contributed by atoms with Crippen molar-refractivity contribution in [1.29, 1.82) is 0 Å². The smallest absolute Gasteiger partial charge is 0.328 e. The fourth-order valence-electron chi connectivity index (χ4n) is 1.87. The minimum absolute atomic E-state index is 0.100. The summed E-state index contributed by atoms with van der Waals surface area (Å²) in [6, 6.07) is -0.775. The van der Waals surface area contributed by atoms with E-state index in [1.165, 1.54) is 28.1 Å². The number of carbonyl (C=O) groups excluding carboxylic acids is 4. The minimum atomic E-state index is -0.775. The molecule has 0 radical (unpaired) electrons. The lowest BCUT2D eigenvalue weighted by Gasteiger charge is -2.13. The molecule has 1 N–H and O–H groups in total. The van der Waals surface area contributed by atoms with Crippen molar-refractivity contribution in [2.24, 2.45) is 5.92 Å². The molecule has 0 rings (SSSR count). The molecular formula is C15H23NO6. The summed E-state index contributed by atoms with van der Waals surface area (Å²) in [6.07, 6.45) is 4.00. The van der Waals surface area contributed by atoms with Crippen LogP contribution in [0.5, 0.6) is 0 Å². The van der Waals surface area contributed by atoms with Crippen molar-refractivity contribution >= 4 is 23.6 Å². The lowest BCUT2D eigenvalue weighted by atomic mass is 9.98. The van der Waals surface area contributed by atoms with E-state index in [0.29, 0.717) is 6.42 Å². The maximum absolute atomic E-state index is 11.5. The van der Waals surface area contributed by atoms with E-state index < -0.39 is 23.9 Å². The van der Waals surface area contributed by atoms with E-state index in [0.717, 1.165) is 0 Å². The van der Waals surface area contributed by atoms with Gasteiger partial charge in [0.25, 0.3) is 0 Å². The normalized spacial score (nSPS) is 13.3. The van der Waals surface area contributed by atoms with E-state index in [1.54, 1.807) is 12.2 Å².